The van der Waals surface area contributed by atoms with Gasteiger partial charge >= 0.3 is 0 Å². The van der Waals surface area contributed by atoms with Crippen LogP contribution in [0, 0.1) is 6.92 Å². The number of aromatic nitrogens is 1. The van der Waals surface area contributed by atoms with Crippen LogP contribution in [-0.2, 0) is 6.42 Å². The first-order chi connectivity index (χ1) is 6.66. The van der Waals surface area contributed by atoms with Crippen molar-refractivity contribution in [3.05, 3.63) is 35.5 Å². The van der Waals surface area contributed by atoms with E-state index in [2.05, 4.69) is 36.3 Å². The van der Waals surface area contributed by atoms with Crippen LogP contribution >= 0.6 is 12.4 Å². The first-order valence-electron chi connectivity index (χ1n) is 4.99. The maximum atomic E-state index is 5.80. The van der Waals surface area contributed by atoms with Crippen molar-refractivity contribution in [2.75, 3.05) is 0 Å². The molecule has 0 saturated carbocycles. The van der Waals surface area contributed by atoms with Crippen molar-refractivity contribution >= 4 is 23.3 Å². The molecular weight excluding hydrogens is 208 g/mol. The monoisotopic (exact) mass is 224 g/mol. The first-order valence-corrected chi connectivity index (χ1v) is 4.99. The van der Waals surface area contributed by atoms with Gasteiger partial charge in [-0.05, 0) is 38.0 Å². The lowest BCUT2D eigenvalue weighted by molar-refractivity contribution is 0.741. The zero-order valence-electron chi connectivity index (χ0n) is 9.08. The largest absolute Gasteiger partial charge is 0.361 e. The van der Waals surface area contributed by atoms with Gasteiger partial charge in [-0.15, -0.1) is 12.4 Å². The van der Waals surface area contributed by atoms with Crippen LogP contribution in [0.1, 0.15) is 18.1 Å². The van der Waals surface area contributed by atoms with Gasteiger partial charge in [0.25, 0.3) is 0 Å². The number of rotatable bonds is 2. The van der Waals surface area contributed by atoms with Gasteiger partial charge in [-0.3, -0.25) is 0 Å². The second kappa shape index (κ2) is 4.69. The highest BCUT2D eigenvalue weighted by molar-refractivity contribution is 5.85. The molecule has 3 heteroatoms. The van der Waals surface area contributed by atoms with E-state index >= 15 is 0 Å². The molecule has 0 spiro atoms. The molecule has 2 rings (SSSR count). The second-order valence-electron chi connectivity index (χ2n) is 4.04. The number of hydrogen-bond donors (Lipinski definition) is 2. The van der Waals surface area contributed by atoms with Gasteiger partial charge in [0.1, 0.15) is 0 Å². The van der Waals surface area contributed by atoms with Crippen LogP contribution < -0.4 is 5.73 Å². The molecule has 0 aliphatic heterocycles. The Balaban J connectivity index is 0.00000112. The normalized spacial score (nSPS) is 12.5. The fourth-order valence-electron chi connectivity index (χ4n) is 1.81. The van der Waals surface area contributed by atoms with Crippen LogP contribution in [0.25, 0.3) is 10.9 Å². The highest BCUT2D eigenvalue weighted by atomic mass is 35.5. The molecule has 1 heterocycles. The SMILES string of the molecule is Cc1ccc2[nH]cc(CC(C)N)c2c1.Cl. The fraction of sp³-hybridized carbons (Fsp3) is 0.333. The Morgan fingerprint density at radius 2 is 2.13 bits per heavy atom. The van der Waals surface area contributed by atoms with E-state index in [0.717, 1.165) is 6.42 Å². The average Bonchev–Trinajstić information content (AvgIpc) is 2.47. The van der Waals surface area contributed by atoms with Crippen molar-refractivity contribution in [3.8, 4) is 0 Å². The predicted octanol–water partition coefficient (Wildman–Crippen LogP) is 2.79. The summed E-state index contributed by atoms with van der Waals surface area (Å²) >= 11 is 0. The molecule has 1 atom stereocenters. The maximum absolute atomic E-state index is 5.80. The van der Waals surface area contributed by atoms with Crippen molar-refractivity contribution < 1.29 is 0 Å². The van der Waals surface area contributed by atoms with Crippen LogP contribution in [0.3, 0.4) is 0 Å². The minimum Gasteiger partial charge on any atom is -0.361 e. The van der Waals surface area contributed by atoms with Gasteiger partial charge in [-0.25, -0.2) is 0 Å². The summed E-state index contributed by atoms with van der Waals surface area (Å²) in [5.41, 5.74) is 9.61. The average molecular weight is 225 g/mol. The number of fused-ring (bicyclic) bond motifs is 1. The minimum absolute atomic E-state index is 0. The lowest BCUT2D eigenvalue weighted by Crippen LogP contribution is -2.17. The van der Waals surface area contributed by atoms with Crippen LogP contribution in [0.2, 0.25) is 0 Å². The molecule has 0 amide bonds. The lowest BCUT2D eigenvalue weighted by atomic mass is 10.1. The quantitative estimate of drug-likeness (QED) is 0.810. The second-order valence-corrected chi connectivity index (χ2v) is 4.04. The smallest absolute Gasteiger partial charge is 0.0456 e. The van der Waals surface area contributed by atoms with Gasteiger partial charge in [0.2, 0.25) is 0 Å². The van der Waals surface area contributed by atoms with Gasteiger partial charge in [0.15, 0.2) is 0 Å². The van der Waals surface area contributed by atoms with Gasteiger partial charge in [0.05, 0.1) is 0 Å². The highest BCUT2D eigenvalue weighted by Gasteiger charge is 2.05. The van der Waals surface area contributed by atoms with E-state index in [9.17, 15) is 0 Å². The topological polar surface area (TPSA) is 41.8 Å². The summed E-state index contributed by atoms with van der Waals surface area (Å²) in [6, 6.07) is 6.67. The number of aromatic amines is 1. The lowest BCUT2D eigenvalue weighted by Gasteiger charge is -2.03. The summed E-state index contributed by atoms with van der Waals surface area (Å²) in [6.07, 6.45) is 3.00. The number of hydrogen-bond acceptors (Lipinski definition) is 1. The van der Waals surface area contributed by atoms with Crippen molar-refractivity contribution in [2.45, 2.75) is 26.3 Å². The Hall–Kier alpha value is -0.990. The Morgan fingerprint density at radius 1 is 1.40 bits per heavy atom. The summed E-state index contributed by atoms with van der Waals surface area (Å²) in [4.78, 5) is 3.27. The molecule has 0 fully saturated rings. The summed E-state index contributed by atoms with van der Waals surface area (Å²) < 4.78 is 0. The highest BCUT2D eigenvalue weighted by Crippen LogP contribution is 2.20. The summed E-state index contributed by atoms with van der Waals surface area (Å²) in [5.74, 6) is 0. The minimum atomic E-state index is 0. The molecule has 1 aromatic carbocycles. The van der Waals surface area contributed by atoms with Crippen molar-refractivity contribution in [3.63, 3.8) is 0 Å². The number of halogens is 1. The Morgan fingerprint density at radius 3 is 2.80 bits per heavy atom. The molecule has 1 unspecified atom stereocenters. The molecule has 1 aromatic heterocycles. The van der Waals surface area contributed by atoms with Crippen LogP contribution in [0.5, 0.6) is 0 Å². The molecule has 3 N–H and O–H groups in total. The third-order valence-corrected chi connectivity index (χ3v) is 2.46. The molecular formula is C12H17ClN2. The van der Waals surface area contributed by atoms with E-state index in [1.165, 1.54) is 22.0 Å². The molecule has 0 bridgehead atoms. The fourth-order valence-corrected chi connectivity index (χ4v) is 1.81. The third-order valence-electron chi connectivity index (χ3n) is 2.46. The predicted molar refractivity (Wildman–Crippen MR) is 67.6 cm³/mol. The summed E-state index contributed by atoms with van der Waals surface area (Å²) in [7, 11) is 0. The van der Waals surface area contributed by atoms with E-state index in [1.54, 1.807) is 0 Å². The zero-order chi connectivity index (χ0) is 10.1. The van der Waals surface area contributed by atoms with Gasteiger partial charge in [-0.2, -0.15) is 0 Å². The number of H-pyrrole nitrogens is 1. The zero-order valence-corrected chi connectivity index (χ0v) is 9.90. The standard InChI is InChI=1S/C12H16N2.ClH/c1-8-3-4-12-11(5-8)10(7-14-12)6-9(2)13;/h3-5,7,9,14H,6,13H2,1-2H3;1H. The van der Waals surface area contributed by atoms with Crippen molar-refractivity contribution in [1.29, 1.82) is 0 Å². The molecule has 82 valence electrons. The van der Waals surface area contributed by atoms with E-state index in [0.29, 0.717) is 0 Å². The van der Waals surface area contributed by atoms with E-state index in [4.69, 9.17) is 5.73 Å². The summed E-state index contributed by atoms with van der Waals surface area (Å²) in [5, 5.41) is 1.31. The number of aryl methyl sites for hydroxylation is 1. The van der Waals surface area contributed by atoms with Gasteiger partial charge in [-0.1, -0.05) is 11.6 Å². The summed E-state index contributed by atoms with van der Waals surface area (Å²) in [6.45, 7) is 4.15. The van der Waals surface area contributed by atoms with Crippen LogP contribution in [0.15, 0.2) is 24.4 Å². The Labute approximate surface area is 96.3 Å². The number of benzene rings is 1. The van der Waals surface area contributed by atoms with Gasteiger partial charge in [0, 0.05) is 23.1 Å². The molecule has 0 radical (unpaired) electrons. The van der Waals surface area contributed by atoms with Crippen LogP contribution in [0.4, 0.5) is 0 Å². The van der Waals surface area contributed by atoms with Crippen molar-refractivity contribution in [2.24, 2.45) is 5.73 Å². The van der Waals surface area contributed by atoms with Gasteiger partial charge < -0.3 is 10.7 Å². The third kappa shape index (κ3) is 2.52. The molecule has 2 aromatic rings. The Kier molecular flexibility index (Phi) is 3.77. The maximum Gasteiger partial charge on any atom is 0.0456 e. The van der Waals surface area contributed by atoms with E-state index < -0.39 is 0 Å². The number of nitrogens with two attached hydrogens (primary N) is 1. The van der Waals surface area contributed by atoms with Crippen LogP contribution in [-0.4, -0.2) is 11.0 Å². The van der Waals surface area contributed by atoms with E-state index in [-0.39, 0.29) is 18.4 Å². The number of nitrogens with one attached hydrogen (secondary N) is 1. The molecule has 0 aliphatic carbocycles. The molecule has 0 saturated heterocycles. The Bertz CT molecular complexity index is 446. The van der Waals surface area contributed by atoms with Crippen molar-refractivity contribution in [1.82, 2.24) is 4.98 Å². The molecule has 2 nitrogen and oxygen atoms in total. The van der Waals surface area contributed by atoms with E-state index in [1.807, 2.05) is 6.92 Å². The molecule has 0 aliphatic rings. The molecule has 15 heavy (non-hydrogen) atoms. The first kappa shape index (κ1) is 12.1.